The van der Waals surface area contributed by atoms with E-state index >= 15 is 0 Å². The highest BCUT2D eigenvalue weighted by Crippen LogP contribution is 2.24. The SMILES string of the molecule is NC(=S)N/N=C\c1ccccc1OS(=O)(=O)c1ccc2ccccc2c1. The Morgan fingerprint density at radius 2 is 1.73 bits per heavy atom. The molecule has 0 fully saturated rings. The van der Waals surface area contributed by atoms with E-state index in [0.29, 0.717) is 5.56 Å². The van der Waals surface area contributed by atoms with Gasteiger partial charge in [0, 0.05) is 5.56 Å². The summed E-state index contributed by atoms with van der Waals surface area (Å²) in [5.74, 6) is 0.147. The molecule has 3 rings (SSSR count). The van der Waals surface area contributed by atoms with Gasteiger partial charge in [-0.25, -0.2) is 0 Å². The number of thiocarbonyl (C=S) groups is 1. The highest BCUT2D eigenvalue weighted by atomic mass is 32.2. The summed E-state index contributed by atoms with van der Waals surface area (Å²) in [6, 6.07) is 18.9. The zero-order valence-electron chi connectivity index (χ0n) is 13.5. The van der Waals surface area contributed by atoms with Crippen LogP contribution in [0.1, 0.15) is 5.56 Å². The fraction of sp³-hybridized carbons (Fsp3) is 0. The molecule has 3 aromatic carbocycles. The molecule has 0 amide bonds. The second-order valence-electron chi connectivity index (χ2n) is 5.32. The number of nitrogens with two attached hydrogens (primary N) is 1. The van der Waals surface area contributed by atoms with E-state index in [0.717, 1.165) is 10.8 Å². The summed E-state index contributed by atoms with van der Waals surface area (Å²) in [5.41, 5.74) is 8.17. The lowest BCUT2D eigenvalue weighted by Gasteiger charge is -2.10. The lowest BCUT2D eigenvalue weighted by molar-refractivity contribution is 0.486. The molecule has 0 saturated heterocycles. The van der Waals surface area contributed by atoms with Crippen LogP contribution in [-0.2, 0) is 10.1 Å². The van der Waals surface area contributed by atoms with Gasteiger partial charge < -0.3 is 9.92 Å². The molecule has 0 bridgehead atoms. The standard InChI is InChI=1S/C18H15N3O3S2/c19-18(25)21-20-12-15-7-3-4-8-17(15)24-26(22,23)16-10-9-13-5-1-2-6-14(13)11-16/h1-12H,(H3,19,21,25)/b20-12-. The fourth-order valence-corrected chi connectivity index (χ4v) is 3.36. The van der Waals surface area contributed by atoms with Gasteiger partial charge in [0.15, 0.2) is 10.9 Å². The monoisotopic (exact) mass is 385 g/mol. The maximum absolute atomic E-state index is 12.7. The van der Waals surface area contributed by atoms with Gasteiger partial charge >= 0.3 is 10.1 Å². The van der Waals surface area contributed by atoms with E-state index in [2.05, 4.69) is 22.7 Å². The van der Waals surface area contributed by atoms with E-state index in [9.17, 15) is 8.42 Å². The summed E-state index contributed by atoms with van der Waals surface area (Å²) in [4.78, 5) is 0.0733. The molecule has 0 aliphatic heterocycles. The van der Waals surface area contributed by atoms with Crippen molar-refractivity contribution in [2.45, 2.75) is 4.90 Å². The number of hydrogen-bond acceptors (Lipinski definition) is 5. The van der Waals surface area contributed by atoms with Crippen LogP contribution in [0.3, 0.4) is 0 Å². The summed E-state index contributed by atoms with van der Waals surface area (Å²) in [6.45, 7) is 0. The Morgan fingerprint density at radius 3 is 2.50 bits per heavy atom. The lowest BCUT2D eigenvalue weighted by Crippen LogP contribution is -2.24. The normalized spacial score (nSPS) is 11.5. The van der Waals surface area contributed by atoms with Crippen molar-refractivity contribution in [3.8, 4) is 5.75 Å². The van der Waals surface area contributed by atoms with Crippen LogP contribution in [-0.4, -0.2) is 19.7 Å². The number of nitrogens with zero attached hydrogens (tertiary/aromatic N) is 1. The molecule has 0 radical (unpaired) electrons. The number of benzene rings is 3. The second kappa shape index (κ2) is 7.51. The number of rotatable bonds is 5. The van der Waals surface area contributed by atoms with Gasteiger partial charge in [0.25, 0.3) is 0 Å². The van der Waals surface area contributed by atoms with Crippen LogP contribution in [0.2, 0.25) is 0 Å². The van der Waals surface area contributed by atoms with Crippen LogP contribution < -0.4 is 15.3 Å². The molecular formula is C18H15N3O3S2. The summed E-state index contributed by atoms with van der Waals surface area (Å²) < 4.78 is 30.6. The van der Waals surface area contributed by atoms with E-state index in [-0.39, 0.29) is 15.8 Å². The van der Waals surface area contributed by atoms with Crippen molar-refractivity contribution in [2.24, 2.45) is 10.8 Å². The minimum atomic E-state index is -4.00. The van der Waals surface area contributed by atoms with Gasteiger partial charge in [0.05, 0.1) is 6.21 Å². The van der Waals surface area contributed by atoms with Crippen LogP contribution in [0.4, 0.5) is 0 Å². The Balaban J connectivity index is 1.91. The van der Waals surface area contributed by atoms with Crippen molar-refractivity contribution in [3.05, 3.63) is 72.3 Å². The molecule has 0 aromatic heterocycles. The largest absolute Gasteiger partial charge is 0.378 e. The van der Waals surface area contributed by atoms with Crippen LogP contribution in [0, 0.1) is 0 Å². The predicted octanol–water partition coefficient (Wildman–Crippen LogP) is 2.77. The van der Waals surface area contributed by atoms with Crippen LogP contribution in [0.25, 0.3) is 10.8 Å². The minimum absolute atomic E-state index is 0.00318. The molecule has 0 unspecified atom stereocenters. The highest BCUT2D eigenvalue weighted by molar-refractivity contribution is 7.87. The number of hydrogen-bond donors (Lipinski definition) is 2. The molecule has 6 nitrogen and oxygen atoms in total. The zero-order valence-corrected chi connectivity index (χ0v) is 15.1. The maximum atomic E-state index is 12.7. The van der Waals surface area contributed by atoms with Gasteiger partial charge in [-0.05, 0) is 47.3 Å². The van der Waals surface area contributed by atoms with E-state index in [4.69, 9.17) is 9.92 Å². The molecule has 8 heteroatoms. The third kappa shape index (κ3) is 4.16. The Labute approximate surface area is 156 Å². The van der Waals surface area contributed by atoms with E-state index < -0.39 is 10.1 Å². The number of nitrogens with one attached hydrogen (secondary N) is 1. The zero-order chi connectivity index (χ0) is 18.6. The molecular weight excluding hydrogens is 370 g/mol. The first-order valence-electron chi connectivity index (χ1n) is 7.56. The van der Waals surface area contributed by atoms with Gasteiger partial charge in [-0.15, -0.1) is 0 Å². The van der Waals surface area contributed by atoms with Gasteiger partial charge in [0.2, 0.25) is 0 Å². The predicted molar refractivity (Wildman–Crippen MR) is 106 cm³/mol. The van der Waals surface area contributed by atoms with Crippen molar-refractivity contribution in [1.29, 1.82) is 0 Å². The van der Waals surface area contributed by atoms with Gasteiger partial charge in [0.1, 0.15) is 4.90 Å². The van der Waals surface area contributed by atoms with Gasteiger partial charge in [-0.3, -0.25) is 5.43 Å². The van der Waals surface area contributed by atoms with Gasteiger partial charge in [-0.2, -0.15) is 13.5 Å². The maximum Gasteiger partial charge on any atom is 0.339 e. The molecule has 0 atom stereocenters. The molecule has 0 aliphatic rings. The lowest BCUT2D eigenvalue weighted by atomic mass is 10.1. The first-order chi connectivity index (χ1) is 12.5. The van der Waals surface area contributed by atoms with Crippen molar-refractivity contribution < 1.29 is 12.6 Å². The topological polar surface area (TPSA) is 93.8 Å². The smallest absolute Gasteiger partial charge is 0.339 e. The van der Waals surface area contributed by atoms with Crippen molar-refractivity contribution >= 4 is 44.4 Å². The number of hydrazone groups is 1. The van der Waals surface area contributed by atoms with E-state index in [1.165, 1.54) is 12.3 Å². The Kier molecular flexibility index (Phi) is 5.15. The summed E-state index contributed by atoms with van der Waals surface area (Å²) in [6.07, 6.45) is 1.38. The van der Waals surface area contributed by atoms with Crippen LogP contribution >= 0.6 is 12.2 Å². The van der Waals surface area contributed by atoms with Crippen molar-refractivity contribution in [3.63, 3.8) is 0 Å². The number of para-hydroxylation sites is 1. The van der Waals surface area contributed by atoms with E-state index in [1.807, 2.05) is 24.3 Å². The van der Waals surface area contributed by atoms with E-state index in [1.54, 1.807) is 36.4 Å². The Morgan fingerprint density at radius 1 is 1.04 bits per heavy atom. The molecule has 0 aliphatic carbocycles. The molecule has 3 aromatic rings. The van der Waals surface area contributed by atoms with Crippen molar-refractivity contribution in [1.82, 2.24) is 5.43 Å². The van der Waals surface area contributed by atoms with Crippen LogP contribution in [0.15, 0.2) is 76.7 Å². The Hall–Kier alpha value is -2.97. The highest BCUT2D eigenvalue weighted by Gasteiger charge is 2.18. The van der Waals surface area contributed by atoms with Crippen LogP contribution in [0.5, 0.6) is 5.75 Å². The first kappa shape index (κ1) is 17.8. The second-order valence-corrected chi connectivity index (χ2v) is 7.30. The van der Waals surface area contributed by atoms with Gasteiger partial charge in [-0.1, -0.05) is 42.5 Å². The summed E-state index contributed by atoms with van der Waals surface area (Å²) in [7, 11) is -4.00. The third-order valence-electron chi connectivity index (χ3n) is 3.51. The molecule has 132 valence electrons. The summed E-state index contributed by atoms with van der Waals surface area (Å²) >= 11 is 4.66. The third-order valence-corrected chi connectivity index (χ3v) is 4.83. The minimum Gasteiger partial charge on any atom is -0.378 e. The fourth-order valence-electron chi connectivity index (χ4n) is 2.32. The molecule has 0 spiro atoms. The average molecular weight is 385 g/mol. The molecule has 26 heavy (non-hydrogen) atoms. The average Bonchev–Trinajstić information content (AvgIpc) is 2.62. The quantitative estimate of drug-likeness (QED) is 0.304. The molecule has 0 heterocycles. The molecule has 3 N–H and O–H groups in total. The number of fused-ring (bicyclic) bond motifs is 1. The Bertz CT molecular complexity index is 1100. The summed E-state index contributed by atoms with van der Waals surface area (Å²) in [5, 5.41) is 5.59. The first-order valence-corrected chi connectivity index (χ1v) is 9.38. The molecule has 0 saturated carbocycles. The van der Waals surface area contributed by atoms with Crippen molar-refractivity contribution in [2.75, 3.05) is 0 Å².